The molecule has 12 heteroatoms. The zero-order chi connectivity index (χ0) is 15.8. The molecule has 0 saturated carbocycles. The first-order valence-electron chi connectivity index (χ1n) is 5.77. The quantitative estimate of drug-likeness (QED) is 0.315. The van der Waals surface area contributed by atoms with Crippen LogP contribution in [-0.2, 0) is 9.26 Å². The zero-order valence-electron chi connectivity index (χ0n) is 10.6. The van der Waals surface area contributed by atoms with E-state index in [0.29, 0.717) is 0 Å². The molecular formula is C9H15N3O8P+. The first-order chi connectivity index (χ1) is 9.73. The Labute approximate surface area is 118 Å². The fourth-order valence-electron chi connectivity index (χ4n) is 2.01. The van der Waals surface area contributed by atoms with Crippen molar-refractivity contribution >= 4 is 14.0 Å². The Kier molecular flexibility index (Phi) is 4.56. The second kappa shape index (κ2) is 5.91. The number of hydrogen-bond acceptors (Lipinski definition) is 10. The minimum Gasteiger partial charge on any atom is -0.394 e. The lowest BCUT2D eigenvalue weighted by atomic mass is 10.1. The van der Waals surface area contributed by atoms with Crippen LogP contribution in [0.15, 0.2) is 17.1 Å². The van der Waals surface area contributed by atoms with E-state index in [1.807, 2.05) is 0 Å². The molecule has 0 spiro atoms. The summed E-state index contributed by atoms with van der Waals surface area (Å²) in [5.74, 6) is -0.0266. The van der Waals surface area contributed by atoms with Crippen molar-refractivity contribution in [2.45, 2.75) is 24.5 Å². The number of ether oxygens (including phenoxy) is 1. The van der Waals surface area contributed by atoms with Crippen LogP contribution in [0.3, 0.4) is 0 Å². The number of hydrogen-bond donors (Lipinski definition) is 6. The van der Waals surface area contributed by atoms with Crippen LogP contribution in [0, 0.1) is 0 Å². The van der Waals surface area contributed by atoms with E-state index in [1.54, 1.807) is 0 Å². The first kappa shape index (κ1) is 16.2. The molecule has 0 bridgehead atoms. The van der Waals surface area contributed by atoms with Crippen molar-refractivity contribution in [3.8, 4) is 0 Å². The van der Waals surface area contributed by atoms with Crippen LogP contribution >= 0.6 is 8.17 Å². The third-order valence-electron chi connectivity index (χ3n) is 2.88. The molecule has 1 aliphatic heterocycles. The highest BCUT2D eigenvalue weighted by Gasteiger charge is 2.53. The lowest BCUT2D eigenvalue weighted by molar-refractivity contribution is -0.0551. The molecule has 2 heterocycles. The van der Waals surface area contributed by atoms with Gasteiger partial charge in [-0.3, -0.25) is 4.57 Å². The smallest absolute Gasteiger partial charge is 0.394 e. The van der Waals surface area contributed by atoms with E-state index in [4.69, 9.17) is 30.3 Å². The molecule has 0 aromatic carbocycles. The monoisotopic (exact) mass is 324 g/mol. The average Bonchev–Trinajstić information content (AvgIpc) is 2.65. The molecule has 2 rings (SSSR count). The molecule has 1 aromatic heterocycles. The molecule has 0 radical (unpaired) electrons. The van der Waals surface area contributed by atoms with Crippen molar-refractivity contribution in [1.82, 2.24) is 9.55 Å². The summed E-state index contributed by atoms with van der Waals surface area (Å²) >= 11 is 0. The van der Waals surface area contributed by atoms with Crippen LogP contribution < -0.4 is 11.4 Å². The standard InChI is InChI=1S/C9H14N3O8P/c10-5-1-2-12(9(15)11-5)8-6(14)7(4(3-13)19-8)20-21(16,17)18/h1-2,4,6-8,13-14,16-18H,3H2,(H-,10,11,15)/p+1/t4-,6-,7-,8-/m1/s1. The second-order valence-electron chi connectivity index (χ2n) is 4.36. The van der Waals surface area contributed by atoms with Crippen LogP contribution in [0.25, 0.3) is 0 Å². The van der Waals surface area contributed by atoms with E-state index in [1.165, 1.54) is 12.3 Å². The number of nitrogens with zero attached hydrogens (tertiary/aromatic N) is 2. The molecule has 4 atom stereocenters. The van der Waals surface area contributed by atoms with Crippen molar-refractivity contribution < 1.29 is 34.2 Å². The van der Waals surface area contributed by atoms with Gasteiger partial charge in [-0.05, 0) is 6.07 Å². The number of nitrogens with two attached hydrogens (primary N) is 1. The van der Waals surface area contributed by atoms with Gasteiger partial charge in [0.2, 0.25) is 0 Å². The van der Waals surface area contributed by atoms with Gasteiger partial charge in [0.1, 0.15) is 18.0 Å². The van der Waals surface area contributed by atoms with Crippen LogP contribution in [0.4, 0.5) is 5.82 Å². The van der Waals surface area contributed by atoms with Crippen LogP contribution in [0.1, 0.15) is 6.23 Å². The predicted octanol–water partition coefficient (Wildman–Crippen LogP) is -2.88. The summed E-state index contributed by atoms with van der Waals surface area (Å²) in [6.07, 6.45) is -4.26. The summed E-state index contributed by atoms with van der Waals surface area (Å²) < 4.78 is 10.6. The molecule has 0 aliphatic carbocycles. The summed E-state index contributed by atoms with van der Waals surface area (Å²) in [5, 5.41) is 19.2. The van der Waals surface area contributed by atoms with Gasteiger partial charge in [-0.2, -0.15) is 19.7 Å². The number of aliphatic hydroxyl groups excluding tert-OH is 2. The molecule has 1 saturated heterocycles. The molecule has 21 heavy (non-hydrogen) atoms. The SMILES string of the molecule is Nc1ccn([C@@H]2O[C@H](CO)[C@@H](O[P+](O)(O)O)[C@H]2O)c(=O)n1. The Balaban J connectivity index is 2.28. The van der Waals surface area contributed by atoms with Crippen molar-refractivity contribution in [2.24, 2.45) is 0 Å². The first-order valence-corrected chi connectivity index (χ1v) is 7.34. The molecule has 7 N–H and O–H groups in total. The average molecular weight is 324 g/mol. The van der Waals surface area contributed by atoms with Crippen molar-refractivity contribution in [3.63, 3.8) is 0 Å². The normalized spacial score (nSPS) is 29.8. The summed E-state index contributed by atoms with van der Waals surface area (Å²) in [7, 11) is -4.66. The van der Waals surface area contributed by atoms with Gasteiger partial charge in [0.25, 0.3) is 0 Å². The molecule has 1 aliphatic rings. The van der Waals surface area contributed by atoms with Gasteiger partial charge in [0.15, 0.2) is 12.3 Å². The molecule has 0 amide bonds. The third kappa shape index (κ3) is 3.54. The predicted molar refractivity (Wildman–Crippen MR) is 68.4 cm³/mol. The van der Waals surface area contributed by atoms with Crippen molar-refractivity contribution in [3.05, 3.63) is 22.7 Å². The number of nitrogen functional groups attached to an aromatic ring is 1. The van der Waals surface area contributed by atoms with Gasteiger partial charge in [-0.1, -0.05) is 0 Å². The highest BCUT2D eigenvalue weighted by molar-refractivity contribution is 7.53. The van der Waals surface area contributed by atoms with Crippen molar-refractivity contribution in [2.75, 3.05) is 12.3 Å². The maximum Gasteiger partial charge on any atom is 0.567 e. The number of aliphatic hydroxyl groups is 2. The Morgan fingerprint density at radius 3 is 2.67 bits per heavy atom. The van der Waals surface area contributed by atoms with Crippen LogP contribution in [-0.4, -0.2) is 59.4 Å². The highest BCUT2D eigenvalue weighted by Crippen LogP contribution is 2.50. The third-order valence-corrected chi connectivity index (χ3v) is 3.40. The van der Waals surface area contributed by atoms with E-state index in [-0.39, 0.29) is 5.82 Å². The number of aromatic nitrogens is 2. The minimum absolute atomic E-state index is 0.0266. The van der Waals surface area contributed by atoms with Gasteiger partial charge in [-0.15, -0.1) is 4.52 Å². The Morgan fingerprint density at radius 2 is 2.14 bits per heavy atom. The summed E-state index contributed by atoms with van der Waals surface area (Å²) in [6, 6.07) is 1.29. The minimum atomic E-state index is -4.66. The van der Waals surface area contributed by atoms with Crippen LogP contribution in [0.5, 0.6) is 0 Å². The highest BCUT2D eigenvalue weighted by atomic mass is 31.2. The maximum absolute atomic E-state index is 11.7. The molecule has 1 aromatic rings. The molecule has 0 unspecified atom stereocenters. The summed E-state index contributed by atoms with van der Waals surface area (Å²) in [6.45, 7) is -0.643. The van der Waals surface area contributed by atoms with Crippen molar-refractivity contribution in [1.29, 1.82) is 0 Å². The second-order valence-corrected chi connectivity index (χ2v) is 5.60. The zero-order valence-corrected chi connectivity index (χ0v) is 11.4. The summed E-state index contributed by atoms with van der Waals surface area (Å²) in [5.41, 5.74) is 4.53. The molecular weight excluding hydrogens is 309 g/mol. The Bertz CT molecular complexity index is 561. The topological polar surface area (TPSA) is 181 Å². The van der Waals surface area contributed by atoms with E-state index in [9.17, 15) is 9.90 Å². The van der Waals surface area contributed by atoms with E-state index in [0.717, 1.165) is 4.57 Å². The number of rotatable bonds is 4. The van der Waals surface area contributed by atoms with Gasteiger partial charge in [0, 0.05) is 6.20 Å². The van der Waals surface area contributed by atoms with E-state index < -0.39 is 45.0 Å². The lowest BCUT2D eigenvalue weighted by Gasteiger charge is -2.18. The molecule has 118 valence electrons. The van der Waals surface area contributed by atoms with E-state index >= 15 is 0 Å². The fourth-order valence-corrected chi connectivity index (χ4v) is 2.60. The number of anilines is 1. The lowest BCUT2D eigenvalue weighted by Crippen LogP contribution is -2.37. The van der Waals surface area contributed by atoms with Crippen LogP contribution in [0.2, 0.25) is 0 Å². The molecule has 11 nitrogen and oxygen atoms in total. The van der Waals surface area contributed by atoms with Gasteiger partial charge in [-0.25, -0.2) is 4.79 Å². The van der Waals surface area contributed by atoms with Gasteiger partial charge in [0.05, 0.1) is 6.61 Å². The van der Waals surface area contributed by atoms with Gasteiger partial charge < -0.3 is 20.7 Å². The van der Waals surface area contributed by atoms with Gasteiger partial charge >= 0.3 is 13.9 Å². The Morgan fingerprint density at radius 1 is 1.48 bits per heavy atom. The maximum atomic E-state index is 11.7. The Hall–Kier alpha value is -1.17. The summed E-state index contributed by atoms with van der Waals surface area (Å²) in [4.78, 5) is 41.9. The largest absolute Gasteiger partial charge is 0.567 e. The molecule has 1 fully saturated rings. The fraction of sp³-hybridized carbons (Fsp3) is 0.556. The van der Waals surface area contributed by atoms with E-state index in [2.05, 4.69) is 9.51 Å².